The third-order valence-electron chi connectivity index (χ3n) is 4.37. The van der Waals surface area contributed by atoms with Crippen molar-refractivity contribution in [3.8, 4) is 0 Å². The lowest BCUT2D eigenvalue weighted by Gasteiger charge is -2.32. The highest BCUT2D eigenvalue weighted by atomic mass is 16.3. The van der Waals surface area contributed by atoms with E-state index in [2.05, 4.69) is 19.2 Å². The molecule has 0 spiro atoms. The summed E-state index contributed by atoms with van der Waals surface area (Å²) in [5.74, 6) is 0.670. The van der Waals surface area contributed by atoms with Crippen LogP contribution in [0.25, 0.3) is 0 Å². The smallest absolute Gasteiger partial charge is 0.317 e. The lowest BCUT2D eigenvalue weighted by molar-refractivity contribution is 0.149. The Balaban J connectivity index is 2.50. The molecule has 19 heavy (non-hydrogen) atoms. The summed E-state index contributed by atoms with van der Waals surface area (Å²) in [6.45, 7) is 7.12. The summed E-state index contributed by atoms with van der Waals surface area (Å²) >= 11 is 0. The van der Waals surface area contributed by atoms with Gasteiger partial charge in [0.05, 0.1) is 12.6 Å². The molecule has 1 saturated carbocycles. The van der Waals surface area contributed by atoms with E-state index in [1.54, 1.807) is 11.9 Å². The quantitative estimate of drug-likeness (QED) is 0.779. The second-order valence-corrected chi connectivity index (χ2v) is 6.61. The second kappa shape index (κ2) is 7.13. The molecule has 0 aromatic heterocycles. The zero-order valence-corrected chi connectivity index (χ0v) is 12.9. The van der Waals surface area contributed by atoms with Crippen molar-refractivity contribution in [3.63, 3.8) is 0 Å². The maximum Gasteiger partial charge on any atom is 0.317 e. The molecule has 0 heterocycles. The fourth-order valence-corrected chi connectivity index (χ4v) is 3.15. The van der Waals surface area contributed by atoms with Crippen molar-refractivity contribution < 1.29 is 9.90 Å². The van der Waals surface area contributed by atoms with Crippen molar-refractivity contribution in [1.29, 1.82) is 0 Å². The molecule has 1 unspecified atom stereocenters. The highest BCUT2D eigenvalue weighted by Gasteiger charge is 2.35. The van der Waals surface area contributed by atoms with Crippen LogP contribution in [0.15, 0.2) is 0 Å². The summed E-state index contributed by atoms with van der Waals surface area (Å²) in [4.78, 5) is 13.6. The van der Waals surface area contributed by atoms with Crippen LogP contribution in [-0.4, -0.2) is 42.3 Å². The van der Waals surface area contributed by atoms with Gasteiger partial charge < -0.3 is 15.3 Å². The fraction of sp³-hybridized carbons (Fsp3) is 0.933. The van der Waals surface area contributed by atoms with Gasteiger partial charge in [-0.05, 0) is 37.5 Å². The predicted molar refractivity (Wildman–Crippen MR) is 78.1 cm³/mol. The van der Waals surface area contributed by atoms with Crippen molar-refractivity contribution in [2.24, 2.45) is 11.3 Å². The molecule has 0 aromatic rings. The molecule has 0 aliphatic heterocycles. The lowest BCUT2D eigenvalue weighted by atomic mass is 9.78. The van der Waals surface area contributed by atoms with E-state index in [-0.39, 0.29) is 18.7 Å². The number of hydrogen-bond acceptors (Lipinski definition) is 2. The Hall–Kier alpha value is -0.770. The maximum absolute atomic E-state index is 12.0. The van der Waals surface area contributed by atoms with Crippen molar-refractivity contribution >= 4 is 6.03 Å². The zero-order valence-electron chi connectivity index (χ0n) is 12.9. The topological polar surface area (TPSA) is 52.6 Å². The van der Waals surface area contributed by atoms with Gasteiger partial charge in [-0.25, -0.2) is 4.79 Å². The third-order valence-corrected chi connectivity index (χ3v) is 4.37. The normalized spacial score (nSPS) is 19.5. The molecule has 4 heteroatoms. The minimum absolute atomic E-state index is 0.00105. The van der Waals surface area contributed by atoms with Gasteiger partial charge in [0.15, 0.2) is 0 Å². The first-order valence-electron chi connectivity index (χ1n) is 7.52. The largest absolute Gasteiger partial charge is 0.394 e. The van der Waals surface area contributed by atoms with Crippen LogP contribution in [0.4, 0.5) is 4.79 Å². The monoisotopic (exact) mass is 270 g/mol. The van der Waals surface area contributed by atoms with Crippen LogP contribution in [0, 0.1) is 11.3 Å². The van der Waals surface area contributed by atoms with Gasteiger partial charge in [-0.3, -0.25) is 0 Å². The van der Waals surface area contributed by atoms with E-state index in [1.807, 2.05) is 6.92 Å². The average Bonchev–Trinajstić information content (AvgIpc) is 2.82. The molecular weight excluding hydrogens is 240 g/mol. The number of hydrogen-bond donors (Lipinski definition) is 2. The number of likely N-dealkylation sites (N-methyl/N-ethyl adjacent to an activating group) is 1. The van der Waals surface area contributed by atoms with Gasteiger partial charge in [0, 0.05) is 13.6 Å². The SMILES string of the molecule is CC(C)CC1(CNC(=O)N(C)C(C)CO)CCCC1. The Morgan fingerprint density at radius 2 is 1.89 bits per heavy atom. The molecule has 0 aromatic carbocycles. The molecule has 1 fully saturated rings. The first-order valence-corrected chi connectivity index (χ1v) is 7.52. The molecule has 112 valence electrons. The molecule has 2 amide bonds. The Morgan fingerprint density at radius 3 is 2.37 bits per heavy atom. The molecule has 1 atom stereocenters. The maximum atomic E-state index is 12.0. The standard InChI is InChI=1S/C15H30N2O2/c1-12(2)9-15(7-5-6-8-15)11-16-14(19)17(4)13(3)10-18/h12-13,18H,5-11H2,1-4H3,(H,16,19). The van der Waals surface area contributed by atoms with Gasteiger partial charge in [-0.1, -0.05) is 26.7 Å². The minimum Gasteiger partial charge on any atom is -0.394 e. The van der Waals surface area contributed by atoms with Gasteiger partial charge in [0.25, 0.3) is 0 Å². The second-order valence-electron chi connectivity index (χ2n) is 6.61. The van der Waals surface area contributed by atoms with Gasteiger partial charge >= 0.3 is 6.03 Å². The van der Waals surface area contributed by atoms with Crippen LogP contribution < -0.4 is 5.32 Å². The molecule has 1 rings (SSSR count). The molecular formula is C15H30N2O2. The molecule has 0 radical (unpaired) electrons. The van der Waals surface area contributed by atoms with Crippen LogP contribution in [-0.2, 0) is 0 Å². The van der Waals surface area contributed by atoms with Crippen molar-refractivity contribution in [2.45, 2.75) is 58.9 Å². The summed E-state index contributed by atoms with van der Waals surface area (Å²) < 4.78 is 0. The number of carbonyl (C=O) groups excluding carboxylic acids is 1. The number of rotatable bonds is 6. The van der Waals surface area contributed by atoms with Crippen LogP contribution in [0.2, 0.25) is 0 Å². The Morgan fingerprint density at radius 1 is 1.32 bits per heavy atom. The fourth-order valence-electron chi connectivity index (χ4n) is 3.15. The molecule has 0 saturated heterocycles. The summed E-state index contributed by atoms with van der Waals surface area (Å²) in [7, 11) is 1.74. The summed E-state index contributed by atoms with van der Waals surface area (Å²) in [5, 5.41) is 12.1. The van der Waals surface area contributed by atoms with E-state index in [9.17, 15) is 4.79 Å². The lowest BCUT2D eigenvalue weighted by Crippen LogP contribution is -2.47. The van der Waals surface area contributed by atoms with Crippen molar-refractivity contribution in [1.82, 2.24) is 10.2 Å². The van der Waals surface area contributed by atoms with Gasteiger partial charge in [-0.2, -0.15) is 0 Å². The molecule has 1 aliphatic carbocycles. The van der Waals surface area contributed by atoms with Crippen LogP contribution in [0.3, 0.4) is 0 Å². The number of carbonyl (C=O) groups is 1. The van der Waals surface area contributed by atoms with E-state index in [1.165, 1.54) is 32.1 Å². The van der Waals surface area contributed by atoms with E-state index in [4.69, 9.17) is 5.11 Å². The van der Waals surface area contributed by atoms with E-state index in [0.717, 1.165) is 6.54 Å². The average molecular weight is 270 g/mol. The highest BCUT2D eigenvalue weighted by Crippen LogP contribution is 2.42. The summed E-state index contributed by atoms with van der Waals surface area (Å²) in [6.07, 6.45) is 6.21. The van der Waals surface area contributed by atoms with Gasteiger partial charge in [-0.15, -0.1) is 0 Å². The highest BCUT2D eigenvalue weighted by molar-refractivity contribution is 5.74. The molecule has 0 bridgehead atoms. The van der Waals surface area contributed by atoms with Gasteiger partial charge in [0.2, 0.25) is 0 Å². The predicted octanol–water partition coefficient (Wildman–Crippen LogP) is 2.62. The van der Waals surface area contributed by atoms with Crippen molar-refractivity contribution in [3.05, 3.63) is 0 Å². The first-order chi connectivity index (χ1) is 8.90. The van der Waals surface area contributed by atoms with Crippen LogP contribution in [0.5, 0.6) is 0 Å². The Labute approximate surface area is 117 Å². The first kappa shape index (κ1) is 16.3. The van der Waals surface area contributed by atoms with E-state index in [0.29, 0.717) is 11.3 Å². The number of aliphatic hydroxyl groups is 1. The number of nitrogens with zero attached hydrogens (tertiary/aromatic N) is 1. The molecule has 2 N–H and O–H groups in total. The minimum atomic E-state index is -0.135. The Bertz CT molecular complexity index is 286. The molecule has 1 aliphatic rings. The van der Waals surface area contributed by atoms with Crippen LogP contribution >= 0.6 is 0 Å². The van der Waals surface area contributed by atoms with Crippen LogP contribution in [0.1, 0.15) is 52.9 Å². The van der Waals surface area contributed by atoms with Crippen molar-refractivity contribution in [2.75, 3.05) is 20.2 Å². The summed E-state index contributed by atoms with van der Waals surface area (Å²) in [6, 6.07) is -0.207. The number of urea groups is 1. The number of aliphatic hydroxyl groups excluding tert-OH is 1. The Kier molecular flexibility index (Phi) is 6.11. The number of nitrogens with one attached hydrogen (secondary N) is 1. The number of amides is 2. The third kappa shape index (κ3) is 4.68. The van der Waals surface area contributed by atoms with Gasteiger partial charge in [0.1, 0.15) is 0 Å². The zero-order chi connectivity index (χ0) is 14.5. The molecule has 4 nitrogen and oxygen atoms in total. The van der Waals surface area contributed by atoms with E-state index < -0.39 is 0 Å². The summed E-state index contributed by atoms with van der Waals surface area (Å²) in [5.41, 5.74) is 0.299. The van der Waals surface area contributed by atoms with E-state index >= 15 is 0 Å².